The number of aromatic nitrogens is 1. The maximum atomic E-state index is 14.1. The first-order chi connectivity index (χ1) is 12.0. The van der Waals surface area contributed by atoms with Gasteiger partial charge in [0.2, 0.25) is 0 Å². The molecule has 0 atom stereocenters. The Morgan fingerprint density at radius 1 is 1.40 bits per heavy atom. The van der Waals surface area contributed by atoms with Crippen molar-refractivity contribution in [3.63, 3.8) is 0 Å². The lowest BCUT2D eigenvalue weighted by Gasteiger charge is -2.30. The maximum absolute atomic E-state index is 14.1. The number of aliphatic hydroxyl groups is 1. The number of nitrogens with one attached hydrogen (secondary N) is 1. The molecule has 1 heterocycles. The zero-order chi connectivity index (χ0) is 18.0. The second-order valence-electron chi connectivity index (χ2n) is 5.97. The van der Waals surface area contributed by atoms with Gasteiger partial charge in [0.05, 0.1) is 11.8 Å². The molecule has 1 fully saturated rings. The minimum absolute atomic E-state index is 0.0478. The van der Waals surface area contributed by atoms with Crippen LogP contribution in [0.3, 0.4) is 0 Å². The van der Waals surface area contributed by atoms with E-state index in [2.05, 4.69) is 10.3 Å². The number of carbonyl (C=O) groups excluding carboxylic acids is 1. The zero-order valence-electron chi connectivity index (χ0n) is 13.5. The average Bonchev–Trinajstić information content (AvgIpc) is 2.55. The summed E-state index contributed by atoms with van der Waals surface area (Å²) in [6.07, 6.45) is -0.00599. The van der Waals surface area contributed by atoms with Crippen molar-refractivity contribution in [2.75, 3.05) is 5.32 Å². The van der Waals surface area contributed by atoms with E-state index >= 15 is 0 Å². The number of carbonyl (C=O) groups is 1. The van der Waals surface area contributed by atoms with Crippen molar-refractivity contribution >= 4 is 17.5 Å². The monoisotopic (exact) mass is 341 g/mol. The molecule has 0 amide bonds. The molecule has 0 radical (unpaired) electrons. The van der Waals surface area contributed by atoms with Crippen molar-refractivity contribution in [1.82, 2.24) is 4.98 Å². The summed E-state index contributed by atoms with van der Waals surface area (Å²) in [5.41, 5.74) is 1.08. The van der Waals surface area contributed by atoms with Crippen molar-refractivity contribution in [1.29, 1.82) is 5.26 Å². The van der Waals surface area contributed by atoms with Crippen LogP contribution in [0.4, 0.5) is 15.9 Å². The maximum Gasteiger partial charge on any atom is 0.342 e. The van der Waals surface area contributed by atoms with Gasteiger partial charge in [-0.3, -0.25) is 0 Å². The number of nitrogens with zero attached hydrogens (tertiary/aromatic N) is 2. The molecule has 0 bridgehead atoms. The second-order valence-corrected chi connectivity index (χ2v) is 5.97. The standard InChI is InChI=1S/C18H16FN3O3/c1-10-2-5-16(15(19)6-10)22-17-14(4-3-11(9-20)21-17)18(24)25-13-7-12(23)8-13/h2-6,12-13,23H,7-8H2,1H3,(H,21,22). The molecule has 6 nitrogen and oxygen atoms in total. The van der Waals surface area contributed by atoms with E-state index in [-0.39, 0.29) is 28.9 Å². The molecule has 0 aliphatic heterocycles. The first kappa shape index (κ1) is 16.9. The van der Waals surface area contributed by atoms with Crippen molar-refractivity contribution < 1.29 is 19.0 Å². The summed E-state index contributed by atoms with van der Waals surface area (Å²) in [5.74, 6) is -1.08. The summed E-state index contributed by atoms with van der Waals surface area (Å²) in [4.78, 5) is 16.4. The van der Waals surface area contributed by atoms with Crippen LogP contribution in [0, 0.1) is 24.1 Å². The highest BCUT2D eigenvalue weighted by atomic mass is 19.1. The number of rotatable bonds is 4. The Hall–Kier alpha value is -2.98. The largest absolute Gasteiger partial charge is 0.458 e. The smallest absolute Gasteiger partial charge is 0.342 e. The van der Waals surface area contributed by atoms with Gasteiger partial charge >= 0.3 is 5.97 Å². The van der Waals surface area contributed by atoms with E-state index in [0.29, 0.717) is 12.8 Å². The molecule has 1 saturated carbocycles. The molecule has 25 heavy (non-hydrogen) atoms. The van der Waals surface area contributed by atoms with Crippen LogP contribution < -0.4 is 5.32 Å². The molecule has 1 aromatic carbocycles. The summed E-state index contributed by atoms with van der Waals surface area (Å²) >= 11 is 0. The third kappa shape index (κ3) is 3.75. The Morgan fingerprint density at radius 3 is 2.80 bits per heavy atom. The van der Waals surface area contributed by atoms with E-state index in [1.54, 1.807) is 13.0 Å². The Balaban J connectivity index is 1.88. The average molecular weight is 341 g/mol. The zero-order valence-corrected chi connectivity index (χ0v) is 13.5. The fourth-order valence-corrected chi connectivity index (χ4v) is 2.48. The third-order valence-corrected chi connectivity index (χ3v) is 3.95. The number of aryl methyl sites for hydroxylation is 1. The normalized spacial score (nSPS) is 18.8. The lowest BCUT2D eigenvalue weighted by Crippen LogP contribution is -2.37. The first-order valence-corrected chi connectivity index (χ1v) is 7.79. The van der Waals surface area contributed by atoms with Gasteiger partial charge in [0.1, 0.15) is 35.1 Å². The van der Waals surface area contributed by atoms with Crippen LogP contribution in [0.5, 0.6) is 0 Å². The minimum Gasteiger partial charge on any atom is -0.458 e. The molecule has 128 valence electrons. The highest BCUT2D eigenvalue weighted by molar-refractivity contribution is 5.95. The number of hydrogen-bond acceptors (Lipinski definition) is 6. The predicted octanol–water partition coefficient (Wildman–Crippen LogP) is 2.82. The number of hydrogen-bond donors (Lipinski definition) is 2. The van der Waals surface area contributed by atoms with Gasteiger partial charge < -0.3 is 15.2 Å². The Bertz CT molecular complexity index is 857. The Labute approximate surface area is 143 Å². The molecule has 1 aliphatic rings. The van der Waals surface area contributed by atoms with E-state index in [0.717, 1.165) is 5.56 Å². The van der Waals surface area contributed by atoms with Crippen LogP contribution in [0.15, 0.2) is 30.3 Å². The molecule has 2 N–H and O–H groups in total. The molecule has 1 aliphatic carbocycles. The van der Waals surface area contributed by atoms with Gasteiger partial charge in [0.25, 0.3) is 0 Å². The van der Waals surface area contributed by atoms with Crippen molar-refractivity contribution in [3.8, 4) is 6.07 Å². The minimum atomic E-state index is -0.635. The molecule has 3 rings (SSSR count). The van der Waals surface area contributed by atoms with E-state index < -0.39 is 17.9 Å². The van der Waals surface area contributed by atoms with Crippen LogP contribution in [-0.4, -0.2) is 28.3 Å². The highest BCUT2D eigenvalue weighted by Crippen LogP contribution is 2.27. The molecule has 0 spiro atoms. The van der Waals surface area contributed by atoms with Crippen molar-refractivity contribution in [3.05, 3.63) is 53.0 Å². The topological polar surface area (TPSA) is 95.2 Å². The van der Waals surface area contributed by atoms with E-state index in [1.165, 1.54) is 24.3 Å². The lowest BCUT2D eigenvalue weighted by atomic mass is 9.92. The van der Waals surface area contributed by atoms with Gasteiger partial charge in [-0.25, -0.2) is 14.2 Å². The fraction of sp³-hybridized carbons (Fsp3) is 0.278. The molecule has 7 heteroatoms. The summed E-state index contributed by atoms with van der Waals surface area (Å²) in [5, 5.41) is 21.0. The highest BCUT2D eigenvalue weighted by Gasteiger charge is 2.31. The van der Waals surface area contributed by atoms with E-state index in [4.69, 9.17) is 10.00 Å². The number of benzene rings is 1. The van der Waals surface area contributed by atoms with Crippen LogP contribution in [-0.2, 0) is 4.74 Å². The van der Waals surface area contributed by atoms with Gasteiger partial charge in [-0.15, -0.1) is 0 Å². The second kappa shape index (κ2) is 6.87. The van der Waals surface area contributed by atoms with E-state index in [1.807, 2.05) is 6.07 Å². The number of ether oxygens (including phenoxy) is 1. The van der Waals surface area contributed by atoms with Crippen molar-refractivity contribution in [2.24, 2.45) is 0 Å². The van der Waals surface area contributed by atoms with Crippen LogP contribution in [0.1, 0.15) is 34.5 Å². The molecular weight excluding hydrogens is 325 g/mol. The predicted molar refractivity (Wildman–Crippen MR) is 87.8 cm³/mol. The number of esters is 1. The van der Waals surface area contributed by atoms with Gasteiger partial charge in [-0.05, 0) is 36.8 Å². The summed E-state index contributed by atoms with van der Waals surface area (Å²) < 4.78 is 19.4. The molecule has 1 aromatic heterocycles. The number of pyridine rings is 1. The number of nitriles is 1. The van der Waals surface area contributed by atoms with Gasteiger partial charge in [0, 0.05) is 12.8 Å². The van der Waals surface area contributed by atoms with E-state index in [9.17, 15) is 14.3 Å². The molecule has 2 aromatic rings. The summed E-state index contributed by atoms with van der Waals surface area (Å²) in [6.45, 7) is 1.76. The summed E-state index contributed by atoms with van der Waals surface area (Å²) in [7, 11) is 0. The summed E-state index contributed by atoms with van der Waals surface area (Å²) in [6, 6.07) is 9.29. The van der Waals surface area contributed by atoms with Crippen LogP contribution in [0.25, 0.3) is 0 Å². The SMILES string of the molecule is Cc1ccc(Nc2nc(C#N)ccc2C(=O)OC2CC(O)C2)c(F)c1. The van der Waals surface area contributed by atoms with Crippen LogP contribution >= 0.6 is 0 Å². The van der Waals surface area contributed by atoms with Gasteiger partial charge in [-0.1, -0.05) is 6.07 Å². The van der Waals surface area contributed by atoms with Gasteiger partial charge in [-0.2, -0.15) is 5.26 Å². The van der Waals surface area contributed by atoms with Gasteiger partial charge in [0.15, 0.2) is 0 Å². The number of anilines is 2. The Morgan fingerprint density at radius 2 is 2.16 bits per heavy atom. The molecule has 0 unspecified atom stereocenters. The lowest BCUT2D eigenvalue weighted by molar-refractivity contribution is -0.0465. The van der Waals surface area contributed by atoms with Crippen LogP contribution in [0.2, 0.25) is 0 Å². The fourth-order valence-electron chi connectivity index (χ4n) is 2.48. The molecule has 0 saturated heterocycles. The van der Waals surface area contributed by atoms with Crippen molar-refractivity contribution in [2.45, 2.75) is 32.0 Å². The number of aliphatic hydroxyl groups excluding tert-OH is 1. The Kier molecular flexibility index (Phi) is 4.63. The third-order valence-electron chi connectivity index (χ3n) is 3.95. The number of halogens is 1. The quantitative estimate of drug-likeness (QED) is 0.830. The molecular formula is C18H16FN3O3. The first-order valence-electron chi connectivity index (χ1n) is 7.79.